The second-order valence-electron chi connectivity index (χ2n) is 5.89. The molecular weight excluding hydrogens is 408 g/mol. The Bertz CT molecular complexity index is 947. The van der Waals surface area contributed by atoms with Crippen LogP contribution >= 0.6 is 23.1 Å². The number of methoxy groups -OCH3 is 1. The molecule has 0 aliphatic carbocycles. The molecule has 0 spiro atoms. The Morgan fingerprint density at radius 3 is 2.69 bits per heavy atom. The molecule has 0 radical (unpaired) electrons. The minimum absolute atomic E-state index is 0.0817. The number of hydrogen-bond donors (Lipinski definition) is 2. The third-order valence-corrected chi connectivity index (χ3v) is 5.68. The van der Waals surface area contributed by atoms with Gasteiger partial charge in [0.05, 0.1) is 17.7 Å². The fraction of sp³-hybridized carbons (Fsp3) is 0.200. The van der Waals surface area contributed by atoms with Gasteiger partial charge in [-0.1, -0.05) is 36.0 Å². The summed E-state index contributed by atoms with van der Waals surface area (Å²) in [6.07, 6.45) is 0.693. The fourth-order valence-corrected chi connectivity index (χ4v) is 3.75. The van der Waals surface area contributed by atoms with Gasteiger partial charge in [-0.05, 0) is 41.6 Å². The van der Waals surface area contributed by atoms with E-state index in [4.69, 9.17) is 4.74 Å². The van der Waals surface area contributed by atoms with E-state index >= 15 is 0 Å². The average Bonchev–Trinajstić information content (AvgIpc) is 3.29. The van der Waals surface area contributed by atoms with Crippen LogP contribution in [0.4, 0.5) is 5.82 Å². The minimum atomic E-state index is -0.218. The van der Waals surface area contributed by atoms with E-state index in [-0.39, 0.29) is 17.6 Å². The lowest BCUT2D eigenvalue weighted by molar-refractivity contribution is -0.118. The summed E-state index contributed by atoms with van der Waals surface area (Å²) in [5, 5.41) is 16.0. The second kappa shape index (κ2) is 10.6. The fourth-order valence-electron chi connectivity index (χ4n) is 2.49. The quantitative estimate of drug-likeness (QED) is 0.508. The van der Waals surface area contributed by atoms with Crippen LogP contribution in [0.5, 0.6) is 5.75 Å². The molecule has 0 atom stereocenters. The van der Waals surface area contributed by atoms with Crippen molar-refractivity contribution in [2.75, 3.05) is 24.7 Å². The zero-order chi connectivity index (χ0) is 20.5. The van der Waals surface area contributed by atoms with Gasteiger partial charge in [0.15, 0.2) is 5.82 Å². The van der Waals surface area contributed by atoms with Crippen molar-refractivity contribution in [3.05, 3.63) is 64.4 Å². The monoisotopic (exact) mass is 428 g/mol. The van der Waals surface area contributed by atoms with E-state index in [1.54, 1.807) is 25.3 Å². The molecule has 0 bridgehead atoms. The number of aromatic nitrogens is 2. The zero-order valence-corrected chi connectivity index (χ0v) is 17.4. The summed E-state index contributed by atoms with van der Waals surface area (Å²) in [6, 6.07) is 14.7. The lowest BCUT2D eigenvalue weighted by Gasteiger charge is -2.09. The molecule has 2 N–H and O–H groups in total. The van der Waals surface area contributed by atoms with Crippen molar-refractivity contribution in [3.63, 3.8) is 0 Å². The van der Waals surface area contributed by atoms with Gasteiger partial charge < -0.3 is 15.4 Å². The standard InChI is InChI=1S/C20H20N4O3S2/c1-27-15-6-3-2-5-14(15)10-11-21-18(25)13-29-19-9-8-17(23-24-19)22-20(26)16-7-4-12-28-16/h2-9,12H,10-11,13H2,1H3,(H,21,25)(H,22,23,26). The number of benzene rings is 1. The van der Waals surface area contributed by atoms with Crippen molar-refractivity contribution >= 4 is 40.7 Å². The molecule has 0 unspecified atom stereocenters. The van der Waals surface area contributed by atoms with Gasteiger partial charge in [0.25, 0.3) is 5.91 Å². The molecule has 2 aromatic heterocycles. The third kappa shape index (κ3) is 6.30. The topological polar surface area (TPSA) is 93.2 Å². The number of ether oxygens (including phenoxy) is 1. The maximum Gasteiger partial charge on any atom is 0.266 e. The van der Waals surface area contributed by atoms with Crippen molar-refractivity contribution in [1.82, 2.24) is 15.5 Å². The van der Waals surface area contributed by atoms with Gasteiger partial charge in [-0.2, -0.15) is 0 Å². The molecule has 0 aliphatic heterocycles. The molecule has 0 saturated carbocycles. The number of nitrogens with one attached hydrogen (secondary N) is 2. The van der Waals surface area contributed by atoms with Gasteiger partial charge in [0.1, 0.15) is 10.8 Å². The number of hydrogen-bond acceptors (Lipinski definition) is 7. The Morgan fingerprint density at radius 2 is 1.97 bits per heavy atom. The Balaban J connectivity index is 1.40. The normalized spacial score (nSPS) is 10.4. The molecule has 1 aromatic carbocycles. The number of carbonyl (C=O) groups excluding carboxylic acids is 2. The van der Waals surface area contributed by atoms with Crippen molar-refractivity contribution in [2.24, 2.45) is 0 Å². The zero-order valence-electron chi connectivity index (χ0n) is 15.8. The van der Waals surface area contributed by atoms with Gasteiger partial charge in [0.2, 0.25) is 5.91 Å². The summed E-state index contributed by atoms with van der Waals surface area (Å²) in [5.74, 6) is 1.12. The van der Waals surface area contributed by atoms with Crippen molar-refractivity contribution in [3.8, 4) is 5.75 Å². The lowest BCUT2D eigenvalue weighted by atomic mass is 10.1. The number of nitrogens with zero attached hydrogens (tertiary/aromatic N) is 2. The second-order valence-corrected chi connectivity index (χ2v) is 7.83. The maximum absolute atomic E-state index is 12.0. The highest BCUT2D eigenvalue weighted by molar-refractivity contribution is 7.99. The van der Waals surface area contributed by atoms with E-state index in [0.717, 1.165) is 11.3 Å². The van der Waals surface area contributed by atoms with E-state index in [2.05, 4.69) is 20.8 Å². The molecule has 29 heavy (non-hydrogen) atoms. The SMILES string of the molecule is COc1ccccc1CCNC(=O)CSc1ccc(NC(=O)c2cccs2)nn1. The van der Waals surface area contributed by atoms with E-state index in [1.165, 1.54) is 23.1 Å². The number of rotatable bonds is 9. The molecule has 0 saturated heterocycles. The summed E-state index contributed by atoms with van der Waals surface area (Å²) >= 11 is 2.64. The number of thiophene rings is 1. The number of thioether (sulfide) groups is 1. The van der Waals surface area contributed by atoms with Crippen molar-refractivity contribution in [2.45, 2.75) is 11.4 Å². The Labute approximate surface area is 176 Å². The van der Waals surface area contributed by atoms with E-state index < -0.39 is 0 Å². The smallest absolute Gasteiger partial charge is 0.266 e. The lowest BCUT2D eigenvalue weighted by Crippen LogP contribution is -2.27. The first-order chi connectivity index (χ1) is 14.2. The maximum atomic E-state index is 12.0. The van der Waals surface area contributed by atoms with Crippen molar-refractivity contribution < 1.29 is 14.3 Å². The molecule has 2 heterocycles. The molecule has 150 valence electrons. The van der Waals surface area contributed by atoms with Crippen LogP contribution in [0, 0.1) is 0 Å². The number of amides is 2. The Kier molecular flexibility index (Phi) is 7.60. The largest absolute Gasteiger partial charge is 0.496 e. The summed E-state index contributed by atoms with van der Waals surface area (Å²) in [5.41, 5.74) is 1.05. The third-order valence-electron chi connectivity index (χ3n) is 3.89. The van der Waals surface area contributed by atoms with Crippen LogP contribution < -0.4 is 15.4 Å². The molecule has 0 aliphatic rings. The number of para-hydroxylation sites is 1. The van der Waals surface area contributed by atoms with Crippen LogP contribution in [0.25, 0.3) is 0 Å². The van der Waals surface area contributed by atoms with Gasteiger partial charge in [-0.15, -0.1) is 21.5 Å². The summed E-state index contributed by atoms with van der Waals surface area (Å²) < 4.78 is 5.31. The summed E-state index contributed by atoms with van der Waals surface area (Å²) in [7, 11) is 1.63. The van der Waals surface area contributed by atoms with Crippen LogP contribution in [0.15, 0.2) is 58.9 Å². The molecule has 3 rings (SSSR count). The molecule has 9 heteroatoms. The van der Waals surface area contributed by atoms with Crippen LogP contribution in [-0.4, -0.2) is 41.4 Å². The van der Waals surface area contributed by atoms with Crippen molar-refractivity contribution in [1.29, 1.82) is 0 Å². The molecule has 7 nitrogen and oxygen atoms in total. The first-order valence-corrected chi connectivity index (χ1v) is 10.7. The van der Waals surface area contributed by atoms with E-state index in [1.807, 2.05) is 35.7 Å². The molecule has 2 amide bonds. The summed E-state index contributed by atoms with van der Waals surface area (Å²) in [4.78, 5) is 24.6. The first-order valence-electron chi connectivity index (χ1n) is 8.85. The highest BCUT2D eigenvalue weighted by Crippen LogP contribution is 2.18. The molecule has 0 fully saturated rings. The molecular formula is C20H20N4O3S2. The first kappa shape index (κ1) is 20.8. The Hall–Kier alpha value is -2.91. The number of anilines is 1. The van der Waals surface area contributed by atoms with Gasteiger partial charge in [0, 0.05) is 6.54 Å². The number of carbonyl (C=O) groups is 2. The van der Waals surface area contributed by atoms with Crippen LogP contribution in [-0.2, 0) is 11.2 Å². The highest BCUT2D eigenvalue weighted by Gasteiger charge is 2.09. The minimum Gasteiger partial charge on any atom is -0.496 e. The Morgan fingerprint density at radius 1 is 1.10 bits per heavy atom. The van der Waals surface area contributed by atoms with E-state index in [9.17, 15) is 9.59 Å². The van der Waals surface area contributed by atoms with Crippen LogP contribution in [0.3, 0.4) is 0 Å². The van der Waals surface area contributed by atoms with E-state index in [0.29, 0.717) is 28.7 Å². The molecule has 3 aromatic rings. The van der Waals surface area contributed by atoms with Gasteiger partial charge in [-0.25, -0.2) is 0 Å². The summed E-state index contributed by atoms with van der Waals surface area (Å²) in [6.45, 7) is 0.527. The predicted molar refractivity (Wildman–Crippen MR) is 115 cm³/mol. The predicted octanol–water partition coefficient (Wildman–Crippen LogP) is 3.25. The van der Waals surface area contributed by atoms with Gasteiger partial charge >= 0.3 is 0 Å². The van der Waals surface area contributed by atoms with Gasteiger partial charge in [-0.3, -0.25) is 9.59 Å². The average molecular weight is 429 g/mol. The highest BCUT2D eigenvalue weighted by atomic mass is 32.2. The van der Waals surface area contributed by atoms with Crippen LogP contribution in [0.2, 0.25) is 0 Å². The van der Waals surface area contributed by atoms with Crippen LogP contribution in [0.1, 0.15) is 15.2 Å².